The molecule has 3 aromatic rings. The van der Waals surface area contributed by atoms with E-state index in [0.29, 0.717) is 0 Å². The maximum absolute atomic E-state index is 3.26. The van der Waals surface area contributed by atoms with Gasteiger partial charge in [-0.05, 0) is 29.8 Å². The number of benzene rings is 2. The van der Waals surface area contributed by atoms with E-state index < -0.39 is 0 Å². The van der Waals surface area contributed by atoms with Gasteiger partial charge in [-0.15, -0.1) is 0 Å². The van der Waals surface area contributed by atoms with Gasteiger partial charge in [0, 0.05) is 55.5 Å². The minimum atomic E-state index is 1.06. The molecule has 0 spiro atoms. The molecule has 0 saturated carbocycles. The van der Waals surface area contributed by atoms with Crippen molar-refractivity contribution in [2.45, 2.75) is 6.54 Å². The van der Waals surface area contributed by atoms with Gasteiger partial charge in [0.15, 0.2) is 0 Å². The third kappa shape index (κ3) is 2.72. The lowest BCUT2D eigenvalue weighted by atomic mass is 10.1. The van der Waals surface area contributed by atoms with Crippen LogP contribution in [0.2, 0.25) is 0 Å². The Labute approximate surface area is 131 Å². The second kappa shape index (κ2) is 5.85. The van der Waals surface area contributed by atoms with E-state index in [-0.39, 0.29) is 0 Å². The van der Waals surface area contributed by atoms with Crippen LogP contribution >= 0.6 is 0 Å². The van der Waals surface area contributed by atoms with Crippen LogP contribution in [0.4, 0.5) is 5.69 Å². The Hall–Kier alpha value is -2.26. The fourth-order valence-electron chi connectivity index (χ4n) is 3.24. The van der Waals surface area contributed by atoms with Crippen molar-refractivity contribution in [1.29, 1.82) is 0 Å². The minimum Gasteiger partial charge on any atom is -0.369 e. The molecule has 0 amide bonds. The molecule has 1 aromatic heterocycles. The highest BCUT2D eigenvalue weighted by atomic mass is 15.3. The molecule has 4 rings (SSSR count). The van der Waals surface area contributed by atoms with Gasteiger partial charge < -0.3 is 9.88 Å². The number of hydrogen-bond acceptors (Lipinski definition) is 2. The summed E-state index contributed by atoms with van der Waals surface area (Å²) in [6.07, 6.45) is 2.01. The summed E-state index contributed by atoms with van der Waals surface area (Å²) in [5, 5.41) is 1.30. The average molecular weight is 291 g/mol. The SMILES string of the molecule is c1ccc(CN2CCN(c3ccc4[nH]ccc4c3)CC2)cc1. The van der Waals surface area contributed by atoms with Gasteiger partial charge >= 0.3 is 0 Å². The van der Waals surface area contributed by atoms with Crippen LogP contribution in [-0.2, 0) is 6.54 Å². The maximum atomic E-state index is 3.26. The molecule has 0 aliphatic carbocycles. The molecule has 0 atom stereocenters. The normalized spacial score (nSPS) is 16.3. The fourth-order valence-corrected chi connectivity index (χ4v) is 3.24. The Morgan fingerprint density at radius 3 is 2.50 bits per heavy atom. The van der Waals surface area contributed by atoms with Crippen LogP contribution in [0.5, 0.6) is 0 Å². The van der Waals surface area contributed by atoms with E-state index >= 15 is 0 Å². The molecule has 0 unspecified atom stereocenters. The van der Waals surface area contributed by atoms with Gasteiger partial charge in [-0.2, -0.15) is 0 Å². The summed E-state index contributed by atoms with van der Waals surface area (Å²) in [7, 11) is 0. The van der Waals surface area contributed by atoms with Gasteiger partial charge in [-0.25, -0.2) is 0 Å². The van der Waals surface area contributed by atoms with E-state index in [1.54, 1.807) is 0 Å². The Bertz CT molecular complexity index is 739. The van der Waals surface area contributed by atoms with Gasteiger partial charge in [-0.1, -0.05) is 30.3 Å². The molecule has 22 heavy (non-hydrogen) atoms. The van der Waals surface area contributed by atoms with Crippen molar-refractivity contribution in [1.82, 2.24) is 9.88 Å². The van der Waals surface area contributed by atoms with Crippen LogP contribution in [0, 0.1) is 0 Å². The number of fused-ring (bicyclic) bond motifs is 1. The van der Waals surface area contributed by atoms with Crippen LogP contribution in [0.3, 0.4) is 0 Å². The zero-order valence-corrected chi connectivity index (χ0v) is 12.7. The van der Waals surface area contributed by atoms with Crippen LogP contribution < -0.4 is 4.90 Å². The van der Waals surface area contributed by atoms with Gasteiger partial charge in [0.2, 0.25) is 0 Å². The van der Waals surface area contributed by atoms with Crippen LogP contribution in [0.1, 0.15) is 5.56 Å². The third-order valence-corrected chi connectivity index (χ3v) is 4.52. The molecule has 1 aliphatic rings. The first-order valence-electron chi connectivity index (χ1n) is 7.97. The van der Waals surface area contributed by atoms with Crippen molar-refractivity contribution in [3.63, 3.8) is 0 Å². The van der Waals surface area contributed by atoms with Crippen molar-refractivity contribution in [2.24, 2.45) is 0 Å². The first kappa shape index (κ1) is 13.4. The fraction of sp³-hybridized carbons (Fsp3) is 0.263. The number of anilines is 1. The molecule has 3 nitrogen and oxygen atoms in total. The second-order valence-corrected chi connectivity index (χ2v) is 6.00. The smallest absolute Gasteiger partial charge is 0.0455 e. The van der Waals surface area contributed by atoms with E-state index in [0.717, 1.165) is 32.7 Å². The predicted octanol–water partition coefficient (Wildman–Crippen LogP) is 3.49. The number of aromatic amines is 1. The average Bonchev–Trinajstić information content (AvgIpc) is 3.04. The van der Waals surface area contributed by atoms with Crippen molar-refractivity contribution < 1.29 is 0 Å². The van der Waals surface area contributed by atoms with Crippen LogP contribution in [-0.4, -0.2) is 36.1 Å². The highest BCUT2D eigenvalue weighted by Gasteiger charge is 2.17. The molecule has 1 N–H and O–H groups in total. The molecule has 2 heterocycles. The van der Waals surface area contributed by atoms with Crippen LogP contribution in [0.25, 0.3) is 10.9 Å². The zero-order chi connectivity index (χ0) is 14.8. The lowest BCUT2D eigenvalue weighted by Gasteiger charge is -2.36. The summed E-state index contributed by atoms with van der Waals surface area (Å²) in [6, 6.07) is 19.6. The Morgan fingerprint density at radius 1 is 0.864 bits per heavy atom. The molecule has 0 radical (unpaired) electrons. The monoisotopic (exact) mass is 291 g/mol. The quantitative estimate of drug-likeness (QED) is 0.798. The van der Waals surface area contributed by atoms with E-state index in [9.17, 15) is 0 Å². The predicted molar refractivity (Wildman–Crippen MR) is 92.2 cm³/mol. The molecule has 1 saturated heterocycles. The summed E-state index contributed by atoms with van der Waals surface area (Å²) in [5.41, 5.74) is 3.96. The van der Waals surface area contributed by atoms with Crippen molar-refractivity contribution in [2.75, 3.05) is 31.1 Å². The van der Waals surface area contributed by atoms with Crippen LogP contribution in [0.15, 0.2) is 60.8 Å². The highest BCUT2D eigenvalue weighted by Crippen LogP contribution is 2.22. The minimum absolute atomic E-state index is 1.06. The summed E-state index contributed by atoms with van der Waals surface area (Å²) in [4.78, 5) is 8.29. The van der Waals surface area contributed by atoms with E-state index in [1.807, 2.05) is 6.20 Å². The van der Waals surface area contributed by atoms with Gasteiger partial charge in [0.1, 0.15) is 0 Å². The third-order valence-electron chi connectivity index (χ3n) is 4.52. The summed E-state index contributed by atoms with van der Waals surface area (Å²) in [6.45, 7) is 5.51. The van der Waals surface area contributed by atoms with Gasteiger partial charge in [0.25, 0.3) is 0 Å². The summed E-state index contributed by atoms with van der Waals surface area (Å²) < 4.78 is 0. The van der Waals surface area contributed by atoms with Gasteiger partial charge in [0.05, 0.1) is 0 Å². The Balaban J connectivity index is 1.41. The molecule has 112 valence electrons. The maximum Gasteiger partial charge on any atom is 0.0455 e. The molecule has 3 heteroatoms. The summed E-state index contributed by atoms with van der Waals surface area (Å²) in [5.74, 6) is 0. The topological polar surface area (TPSA) is 22.3 Å². The first-order valence-corrected chi connectivity index (χ1v) is 7.97. The molecule has 0 bridgehead atoms. The molecular weight excluding hydrogens is 270 g/mol. The number of H-pyrrole nitrogens is 1. The van der Waals surface area contributed by atoms with E-state index in [1.165, 1.54) is 22.2 Å². The number of piperazine rings is 1. The highest BCUT2D eigenvalue weighted by molar-refractivity contribution is 5.83. The van der Waals surface area contributed by atoms with E-state index in [2.05, 4.69) is 69.4 Å². The largest absolute Gasteiger partial charge is 0.369 e. The molecule has 1 aliphatic heterocycles. The number of aromatic nitrogens is 1. The van der Waals surface area contributed by atoms with E-state index in [4.69, 9.17) is 0 Å². The summed E-state index contributed by atoms with van der Waals surface area (Å²) >= 11 is 0. The number of nitrogens with zero attached hydrogens (tertiary/aromatic N) is 2. The first-order chi connectivity index (χ1) is 10.9. The Kier molecular flexibility index (Phi) is 3.57. The number of hydrogen-bond donors (Lipinski definition) is 1. The Morgan fingerprint density at radius 2 is 1.68 bits per heavy atom. The van der Waals surface area contributed by atoms with Crippen molar-refractivity contribution >= 4 is 16.6 Å². The number of nitrogens with one attached hydrogen (secondary N) is 1. The van der Waals surface area contributed by atoms with Crippen molar-refractivity contribution in [3.8, 4) is 0 Å². The second-order valence-electron chi connectivity index (χ2n) is 6.00. The van der Waals surface area contributed by atoms with Crippen molar-refractivity contribution in [3.05, 3.63) is 66.4 Å². The lowest BCUT2D eigenvalue weighted by molar-refractivity contribution is 0.250. The lowest BCUT2D eigenvalue weighted by Crippen LogP contribution is -2.45. The standard InChI is InChI=1S/C19H21N3/c1-2-4-16(5-3-1)15-21-10-12-22(13-11-21)18-6-7-19-17(14-18)8-9-20-19/h1-9,14,20H,10-13,15H2. The molecule has 1 fully saturated rings. The zero-order valence-electron chi connectivity index (χ0n) is 12.7. The molecular formula is C19H21N3. The van der Waals surface area contributed by atoms with Gasteiger partial charge in [-0.3, -0.25) is 4.90 Å². The molecule has 2 aromatic carbocycles. The number of rotatable bonds is 3.